The molecule has 0 bridgehead atoms. The number of carboxylic acids is 1. The molecule has 0 aliphatic rings. The molecule has 0 saturated carbocycles. The van der Waals surface area contributed by atoms with Gasteiger partial charge in [0.25, 0.3) is 5.56 Å². The SMILES string of the molecule is CC(C)n1c(Br)nc(C(=O)O)c1C(Cc1cc(Cl)c(=O)n(C)c1)c1ccc(Cl)cc1. The summed E-state index contributed by atoms with van der Waals surface area (Å²) < 4.78 is 3.73. The van der Waals surface area contributed by atoms with Crippen LogP contribution in [0.3, 0.4) is 0 Å². The minimum Gasteiger partial charge on any atom is -0.476 e. The number of halogens is 3. The Hall–Kier alpha value is -2.09. The van der Waals surface area contributed by atoms with Gasteiger partial charge in [0.1, 0.15) is 5.02 Å². The van der Waals surface area contributed by atoms with Crippen LogP contribution in [-0.2, 0) is 13.5 Å². The first-order valence-corrected chi connectivity index (χ1v) is 10.8. The lowest BCUT2D eigenvalue weighted by Gasteiger charge is -2.23. The van der Waals surface area contributed by atoms with Gasteiger partial charge in [0.05, 0.1) is 5.69 Å². The normalized spacial score (nSPS) is 12.4. The number of aryl methyl sites for hydroxylation is 1. The molecule has 0 fully saturated rings. The summed E-state index contributed by atoms with van der Waals surface area (Å²) in [6.07, 6.45) is 2.13. The monoisotopic (exact) mass is 511 g/mol. The molecule has 158 valence electrons. The van der Waals surface area contributed by atoms with Crippen molar-refractivity contribution < 1.29 is 9.90 Å². The number of hydrogen-bond donors (Lipinski definition) is 1. The summed E-state index contributed by atoms with van der Waals surface area (Å²) in [4.78, 5) is 28.3. The standard InChI is InChI=1S/C21H20BrCl2N3O3/c1-11(2)27-18(17(20(29)30)25-21(27)22)15(13-4-6-14(23)7-5-13)8-12-9-16(24)19(28)26(3)10-12/h4-7,9-11,15H,8H2,1-3H3,(H,29,30). The number of rotatable bonds is 6. The zero-order chi connectivity index (χ0) is 22.2. The Morgan fingerprint density at radius 3 is 2.40 bits per heavy atom. The zero-order valence-electron chi connectivity index (χ0n) is 16.6. The molecule has 2 heterocycles. The number of imidazole rings is 1. The minimum atomic E-state index is -1.11. The van der Waals surface area contributed by atoms with E-state index in [2.05, 4.69) is 20.9 Å². The summed E-state index contributed by atoms with van der Waals surface area (Å²) in [7, 11) is 1.63. The first-order chi connectivity index (χ1) is 14.1. The molecule has 2 aromatic heterocycles. The van der Waals surface area contributed by atoms with E-state index >= 15 is 0 Å². The van der Waals surface area contributed by atoms with E-state index in [1.165, 1.54) is 4.57 Å². The Labute approximate surface area is 192 Å². The van der Waals surface area contributed by atoms with Crippen LogP contribution >= 0.6 is 39.1 Å². The van der Waals surface area contributed by atoms with Crippen LogP contribution in [0.4, 0.5) is 0 Å². The fraction of sp³-hybridized carbons (Fsp3) is 0.286. The van der Waals surface area contributed by atoms with E-state index in [4.69, 9.17) is 23.2 Å². The molecule has 0 radical (unpaired) electrons. The van der Waals surface area contributed by atoms with Gasteiger partial charge in [-0.3, -0.25) is 4.79 Å². The van der Waals surface area contributed by atoms with Crippen molar-refractivity contribution in [3.8, 4) is 0 Å². The van der Waals surface area contributed by atoms with E-state index < -0.39 is 5.97 Å². The highest BCUT2D eigenvalue weighted by Gasteiger charge is 2.30. The summed E-state index contributed by atoms with van der Waals surface area (Å²) in [5.41, 5.74) is 1.93. The Kier molecular flexibility index (Phi) is 6.75. The van der Waals surface area contributed by atoms with Crippen LogP contribution in [0.25, 0.3) is 0 Å². The number of aromatic nitrogens is 3. The van der Waals surface area contributed by atoms with E-state index in [0.29, 0.717) is 21.9 Å². The first kappa shape index (κ1) is 22.6. The molecule has 0 aliphatic heterocycles. The van der Waals surface area contributed by atoms with Gasteiger partial charge in [-0.25, -0.2) is 9.78 Å². The number of nitrogens with zero attached hydrogens (tertiary/aromatic N) is 3. The van der Waals surface area contributed by atoms with E-state index in [1.807, 2.05) is 30.5 Å². The maximum atomic E-state index is 12.0. The molecule has 0 aliphatic carbocycles. The van der Waals surface area contributed by atoms with Crippen LogP contribution in [0.1, 0.15) is 53.1 Å². The van der Waals surface area contributed by atoms with Crippen LogP contribution in [-0.4, -0.2) is 25.2 Å². The van der Waals surface area contributed by atoms with Crippen molar-refractivity contribution >= 4 is 45.1 Å². The molecule has 3 aromatic rings. The Bertz CT molecular complexity index is 1130. The number of carbonyl (C=O) groups is 1. The van der Waals surface area contributed by atoms with E-state index in [-0.39, 0.29) is 28.2 Å². The van der Waals surface area contributed by atoms with Gasteiger partial charge >= 0.3 is 5.97 Å². The molecule has 0 amide bonds. The van der Waals surface area contributed by atoms with E-state index in [9.17, 15) is 14.7 Å². The second kappa shape index (κ2) is 8.96. The van der Waals surface area contributed by atoms with Crippen molar-refractivity contribution in [2.75, 3.05) is 0 Å². The lowest BCUT2D eigenvalue weighted by atomic mass is 9.88. The summed E-state index contributed by atoms with van der Waals surface area (Å²) >= 11 is 15.6. The van der Waals surface area contributed by atoms with Gasteiger partial charge in [-0.05, 0) is 65.5 Å². The largest absolute Gasteiger partial charge is 0.476 e. The summed E-state index contributed by atoms with van der Waals surface area (Å²) in [6.45, 7) is 3.92. The number of carboxylic acid groups (broad SMARTS) is 1. The Morgan fingerprint density at radius 2 is 1.87 bits per heavy atom. The quantitative estimate of drug-likeness (QED) is 0.485. The van der Waals surface area contributed by atoms with Crippen LogP contribution in [0, 0.1) is 0 Å². The molecule has 1 N–H and O–H groups in total. The van der Waals surface area contributed by atoms with Crippen LogP contribution in [0.5, 0.6) is 0 Å². The molecule has 0 spiro atoms. The van der Waals surface area contributed by atoms with E-state index in [1.54, 1.807) is 31.4 Å². The molecule has 1 aromatic carbocycles. The topological polar surface area (TPSA) is 77.1 Å². The summed E-state index contributed by atoms with van der Waals surface area (Å²) in [5.74, 6) is -1.47. The lowest BCUT2D eigenvalue weighted by Crippen LogP contribution is -2.20. The van der Waals surface area contributed by atoms with Crippen molar-refractivity contribution in [3.63, 3.8) is 0 Å². The number of hydrogen-bond acceptors (Lipinski definition) is 3. The van der Waals surface area contributed by atoms with Crippen molar-refractivity contribution in [3.05, 3.63) is 84.2 Å². The second-order valence-corrected chi connectivity index (χ2v) is 8.86. The maximum Gasteiger partial charge on any atom is 0.356 e. The fourth-order valence-corrected chi connectivity index (χ4v) is 4.73. The third-order valence-electron chi connectivity index (χ3n) is 4.86. The summed E-state index contributed by atoms with van der Waals surface area (Å²) in [6, 6.07) is 8.86. The third-order valence-corrected chi connectivity index (χ3v) is 5.94. The van der Waals surface area contributed by atoms with Crippen molar-refractivity contribution in [2.45, 2.75) is 32.2 Å². The molecule has 1 unspecified atom stereocenters. The molecule has 9 heteroatoms. The van der Waals surface area contributed by atoms with Gasteiger partial charge in [-0.15, -0.1) is 0 Å². The van der Waals surface area contributed by atoms with Crippen molar-refractivity contribution in [1.82, 2.24) is 14.1 Å². The second-order valence-electron chi connectivity index (χ2n) is 7.30. The third kappa shape index (κ3) is 4.48. The maximum absolute atomic E-state index is 12.0. The average Bonchev–Trinajstić information content (AvgIpc) is 3.02. The highest BCUT2D eigenvalue weighted by molar-refractivity contribution is 9.10. The van der Waals surface area contributed by atoms with Gasteiger partial charge in [0.15, 0.2) is 10.4 Å². The first-order valence-electron chi connectivity index (χ1n) is 9.21. The molecule has 0 saturated heterocycles. The molecule has 3 rings (SSSR count). The van der Waals surface area contributed by atoms with Crippen LogP contribution in [0.2, 0.25) is 10.0 Å². The van der Waals surface area contributed by atoms with Crippen LogP contribution < -0.4 is 5.56 Å². The number of pyridine rings is 1. The highest BCUT2D eigenvalue weighted by Crippen LogP contribution is 2.35. The van der Waals surface area contributed by atoms with Gasteiger partial charge in [0.2, 0.25) is 0 Å². The highest BCUT2D eigenvalue weighted by atomic mass is 79.9. The molecule has 6 nitrogen and oxygen atoms in total. The minimum absolute atomic E-state index is 0.0218. The fourth-order valence-electron chi connectivity index (χ4n) is 3.55. The van der Waals surface area contributed by atoms with E-state index in [0.717, 1.165) is 11.1 Å². The lowest BCUT2D eigenvalue weighted by molar-refractivity contribution is 0.0689. The molecule has 1 atom stereocenters. The van der Waals surface area contributed by atoms with Crippen molar-refractivity contribution in [2.24, 2.45) is 7.05 Å². The van der Waals surface area contributed by atoms with Gasteiger partial charge < -0.3 is 14.2 Å². The zero-order valence-corrected chi connectivity index (χ0v) is 19.7. The smallest absolute Gasteiger partial charge is 0.356 e. The molecular formula is C21H20BrCl2N3O3. The van der Waals surface area contributed by atoms with Gasteiger partial charge in [-0.1, -0.05) is 35.3 Å². The average molecular weight is 513 g/mol. The van der Waals surface area contributed by atoms with Gasteiger partial charge in [0, 0.05) is 30.2 Å². The molecule has 30 heavy (non-hydrogen) atoms. The predicted octanol–water partition coefficient (Wildman–Crippen LogP) is 5.30. The number of aromatic carboxylic acids is 1. The Morgan fingerprint density at radius 1 is 1.23 bits per heavy atom. The summed E-state index contributed by atoms with van der Waals surface area (Å²) in [5, 5.41) is 10.5. The van der Waals surface area contributed by atoms with Crippen LogP contribution in [0.15, 0.2) is 46.1 Å². The van der Waals surface area contributed by atoms with Gasteiger partial charge in [-0.2, -0.15) is 0 Å². The predicted molar refractivity (Wildman–Crippen MR) is 121 cm³/mol. The Balaban J connectivity index is 2.25. The number of benzene rings is 1. The molecular weight excluding hydrogens is 493 g/mol. The van der Waals surface area contributed by atoms with Crippen molar-refractivity contribution in [1.29, 1.82) is 0 Å².